The molecule has 3 nitrogen and oxygen atoms in total. The quantitative estimate of drug-likeness (QED) is 0.828. The second-order valence-corrected chi connectivity index (χ2v) is 12.8. The van der Waals surface area contributed by atoms with Crippen LogP contribution < -0.4 is 10.4 Å². The molecule has 1 saturated heterocycles. The highest BCUT2D eigenvalue weighted by Crippen LogP contribution is 2.41. The summed E-state index contributed by atoms with van der Waals surface area (Å²) < 4.78 is 5.71. The first kappa shape index (κ1) is 18.3. The molecule has 0 aromatic heterocycles. The first-order valence-corrected chi connectivity index (χ1v) is 11.1. The van der Waals surface area contributed by atoms with Gasteiger partial charge in [0.1, 0.15) is 0 Å². The maximum atomic E-state index is 11.6. The van der Waals surface area contributed by atoms with E-state index < -0.39 is 20.1 Å². The van der Waals surface area contributed by atoms with E-state index in [-0.39, 0.29) is 11.1 Å². The van der Waals surface area contributed by atoms with E-state index >= 15 is 0 Å². The number of ether oxygens (including phenoxy) is 1. The van der Waals surface area contributed by atoms with Crippen LogP contribution in [0.1, 0.15) is 33.6 Å². The lowest BCUT2D eigenvalue weighted by atomic mass is 10.2. The Morgan fingerprint density at radius 2 is 1.40 bits per heavy atom. The molecule has 134 valence electrons. The molecule has 1 unspecified atom stereocenters. The molecule has 1 heterocycles. The largest absolute Gasteiger partial charge is 0.393 e. The van der Waals surface area contributed by atoms with Crippen LogP contribution in [-0.2, 0) is 4.74 Å². The summed E-state index contributed by atoms with van der Waals surface area (Å²) in [6, 6.07) is 20.8. The maximum Gasteiger partial charge on any atom is 0.157 e. The van der Waals surface area contributed by atoms with Gasteiger partial charge in [0, 0.05) is 6.42 Å². The molecule has 0 saturated carbocycles. The lowest BCUT2D eigenvalue weighted by Gasteiger charge is -2.48. The van der Waals surface area contributed by atoms with Crippen LogP contribution in [0.2, 0.25) is 5.04 Å². The van der Waals surface area contributed by atoms with Crippen LogP contribution in [0.15, 0.2) is 60.7 Å². The average molecular weight is 357 g/mol. The number of hydrogen-bond acceptors (Lipinski definition) is 3. The molecular formula is C21H28O3Si. The Bertz CT molecular complexity index is 642. The van der Waals surface area contributed by atoms with Gasteiger partial charge in [0.2, 0.25) is 0 Å². The normalized spacial score (nSPS) is 22.8. The zero-order valence-corrected chi connectivity index (χ0v) is 16.2. The van der Waals surface area contributed by atoms with Crippen molar-refractivity contribution in [3.63, 3.8) is 0 Å². The zero-order chi connectivity index (χ0) is 18.1. The monoisotopic (exact) mass is 356 g/mol. The van der Waals surface area contributed by atoms with E-state index in [0.717, 1.165) is 0 Å². The van der Waals surface area contributed by atoms with Gasteiger partial charge in [-0.05, 0) is 11.5 Å². The molecule has 0 spiro atoms. The van der Waals surface area contributed by atoms with Gasteiger partial charge in [0.15, 0.2) is 14.4 Å². The summed E-state index contributed by atoms with van der Waals surface area (Å²) in [5.41, 5.74) is -0.630. The molecule has 2 aromatic rings. The maximum absolute atomic E-state index is 11.6. The third-order valence-corrected chi connectivity index (χ3v) is 11.6. The first-order chi connectivity index (χ1) is 11.9. The van der Waals surface area contributed by atoms with Crippen molar-refractivity contribution in [2.24, 2.45) is 0 Å². The molecule has 1 aliphatic heterocycles. The third-order valence-electron chi connectivity index (χ3n) is 5.47. The standard InChI is InChI=1S/C21H28O3Si/c1-21(2,3)25(16-10-6-4-7-11-16,17-12-8-5-9-13-17)20(23)18-14-15-19(22)24-18/h4-13,18-20,22-23H,14-15H2,1-3H3/t18-,19-,20?/m0/s1. The van der Waals surface area contributed by atoms with Gasteiger partial charge < -0.3 is 14.9 Å². The van der Waals surface area contributed by atoms with Crippen LogP contribution in [0.5, 0.6) is 0 Å². The molecule has 0 aliphatic carbocycles. The number of benzene rings is 2. The van der Waals surface area contributed by atoms with Crippen molar-refractivity contribution in [2.75, 3.05) is 0 Å². The molecule has 25 heavy (non-hydrogen) atoms. The Morgan fingerprint density at radius 3 is 1.76 bits per heavy atom. The highest BCUT2D eigenvalue weighted by molar-refractivity contribution is 7.05. The molecular weight excluding hydrogens is 328 g/mol. The van der Waals surface area contributed by atoms with Crippen molar-refractivity contribution in [1.29, 1.82) is 0 Å². The van der Waals surface area contributed by atoms with E-state index in [1.807, 2.05) is 36.4 Å². The molecule has 4 heteroatoms. The summed E-state index contributed by atoms with van der Waals surface area (Å²) in [6.07, 6.45) is 0.173. The SMILES string of the molecule is CC(C)(C)[Si](c1ccccc1)(c1ccccc1)C(O)[C@@H]1CC[C@@H](O)O1. The minimum atomic E-state index is -2.63. The molecule has 2 N–H and O–H groups in total. The van der Waals surface area contributed by atoms with Gasteiger partial charge in [0.05, 0.1) is 11.8 Å². The summed E-state index contributed by atoms with van der Waals surface area (Å²) in [6.45, 7) is 6.65. The van der Waals surface area contributed by atoms with Crippen LogP contribution in [0.3, 0.4) is 0 Å². The van der Waals surface area contributed by atoms with Crippen LogP contribution in [-0.4, -0.2) is 36.4 Å². The van der Waals surface area contributed by atoms with Crippen LogP contribution >= 0.6 is 0 Å². The fraction of sp³-hybridized carbons (Fsp3) is 0.429. The highest BCUT2D eigenvalue weighted by atomic mass is 28.3. The fourth-order valence-corrected chi connectivity index (χ4v) is 10.3. The summed E-state index contributed by atoms with van der Waals surface area (Å²) in [5.74, 6) is 0. The molecule has 3 atom stereocenters. The molecule has 1 fully saturated rings. The number of hydrogen-bond donors (Lipinski definition) is 2. The second kappa shape index (κ2) is 7.04. The molecule has 0 amide bonds. The van der Waals surface area contributed by atoms with E-state index in [0.29, 0.717) is 12.8 Å². The van der Waals surface area contributed by atoms with Gasteiger partial charge in [0.25, 0.3) is 0 Å². The van der Waals surface area contributed by atoms with Gasteiger partial charge in [-0.25, -0.2) is 0 Å². The molecule has 2 aromatic carbocycles. The van der Waals surface area contributed by atoms with E-state index in [1.54, 1.807) is 0 Å². The van der Waals surface area contributed by atoms with Crippen molar-refractivity contribution in [1.82, 2.24) is 0 Å². The van der Waals surface area contributed by atoms with E-state index in [2.05, 4.69) is 45.0 Å². The van der Waals surface area contributed by atoms with Gasteiger partial charge in [-0.3, -0.25) is 0 Å². The molecule has 0 radical (unpaired) electrons. The third kappa shape index (κ3) is 3.20. The van der Waals surface area contributed by atoms with Crippen molar-refractivity contribution >= 4 is 18.4 Å². The van der Waals surface area contributed by atoms with Gasteiger partial charge >= 0.3 is 0 Å². The van der Waals surface area contributed by atoms with E-state index in [1.165, 1.54) is 10.4 Å². The predicted octanol–water partition coefficient (Wildman–Crippen LogP) is 2.45. The smallest absolute Gasteiger partial charge is 0.157 e. The molecule has 1 aliphatic rings. The fourth-order valence-electron chi connectivity index (χ4n) is 4.38. The summed E-state index contributed by atoms with van der Waals surface area (Å²) >= 11 is 0. The minimum absolute atomic E-state index is 0.133. The van der Waals surface area contributed by atoms with Gasteiger partial charge in [-0.1, -0.05) is 91.8 Å². The average Bonchev–Trinajstić information content (AvgIpc) is 3.02. The summed E-state index contributed by atoms with van der Waals surface area (Å²) in [4.78, 5) is 0. The minimum Gasteiger partial charge on any atom is -0.393 e. The second-order valence-electron chi connectivity index (χ2n) is 7.94. The van der Waals surface area contributed by atoms with Crippen LogP contribution in [0.4, 0.5) is 0 Å². The summed E-state index contributed by atoms with van der Waals surface area (Å²) in [5, 5.41) is 23.8. The van der Waals surface area contributed by atoms with Crippen molar-refractivity contribution < 1.29 is 14.9 Å². The molecule has 3 rings (SSSR count). The number of aliphatic hydroxyl groups excluding tert-OH is 2. The Hall–Kier alpha value is -1.46. The zero-order valence-electron chi connectivity index (χ0n) is 15.2. The van der Waals surface area contributed by atoms with Crippen molar-refractivity contribution in [3.05, 3.63) is 60.7 Å². The number of rotatable bonds is 4. The number of aliphatic hydroxyl groups is 2. The summed E-state index contributed by atoms with van der Waals surface area (Å²) in [7, 11) is -2.63. The van der Waals surface area contributed by atoms with Gasteiger partial charge in [-0.2, -0.15) is 0 Å². The lowest BCUT2D eigenvalue weighted by molar-refractivity contribution is -0.109. The Kier molecular flexibility index (Phi) is 5.16. The lowest BCUT2D eigenvalue weighted by Crippen LogP contribution is -2.74. The van der Waals surface area contributed by atoms with Crippen LogP contribution in [0.25, 0.3) is 0 Å². The predicted molar refractivity (Wildman–Crippen MR) is 104 cm³/mol. The van der Waals surface area contributed by atoms with Crippen molar-refractivity contribution in [3.8, 4) is 0 Å². The van der Waals surface area contributed by atoms with Gasteiger partial charge in [-0.15, -0.1) is 0 Å². The first-order valence-electron chi connectivity index (χ1n) is 9.00. The highest BCUT2D eigenvalue weighted by Gasteiger charge is 2.56. The topological polar surface area (TPSA) is 49.7 Å². The Morgan fingerprint density at radius 1 is 0.920 bits per heavy atom. The van der Waals surface area contributed by atoms with Crippen LogP contribution in [0, 0.1) is 0 Å². The Balaban J connectivity index is 2.22. The molecule has 0 bridgehead atoms. The Labute approximate surface area is 151 Å². The van der Waals surface area contributed by atoms with Crippen molar-refractivity contribution in [2.45, 2.75) is 56.8 Å². The van der Waals surface area contributed by atoms with E-state index in [4.69, 9.17) is 4.74 Å². The van der Waals surface area contributed by atoms with E-state index in [9.17, 15) is 10.2 Å².